The van der Waals surface area contributed by atoms with Crippen molar-refractivity contribution in [2.45, 2.75) is 31.6 Å². The summed E-state index contributed by atoms with van der Waals surface area (Å²) in [5.74, 6) is 2.77. The predicted octanol–water partition coefficient (Wildman–Crippen LogP) is 3.07. The van der Waals surface area contributed by atoms with Crippen molar-refractivity contribution in [1.29, 1.82) is 0 Å². The lowest BCUT2D eigenvalue weighted by molar-refractivity contribution is 0.189. The summed E-state index contributed by atoms with van der Waals surface area (Å²) in [6, 6.07) is 6.78. The van der Waals surface area contributed by atoms with Crippen LogP contribution in [0.25, 0.3) is 0 Å². The molecule has 3 atom stereocenters. The molecule has 2 heteroatoms. The van der Waals surface area contributed by atoms with Crippen LogP contribution >= 0.6 is 0 Å². The first kappa shape index (κ1) is 11.8. The zero-order valence-corrected chi connectivity index (χ0v) is 12.0. The second-order valence-corrected chi connectivity index (χ2v) is 6.82. The first-order valence-electron chi connectivity index (χ1n) is 7.58. The fraction of sp³-hybridized carbons (Fsp3) is 0.647. The molecular weight excluding hydrogens is 234 g/mol. The smallest absolute Gasteiger partial charge is 0.119 e. The Balaban J connectivity index is 1.76. The van der Waals surface area contributed by atoms with E-state index in [0.29, 0.717) is 5.41 Å². The highest BCUT2D eigenvalue weighted by Crippen LogP contribution is 2.61. The fourth-order valence-corrected chi connectivity index (χ4v) is 5.24. The van der Waals surface area contributed by atoms with Gasteiger partial charge in [-0.05, 0) is 73.2 Å². The van der Waals surface area contributed by atoms with Gasteiger partial charge in [-0.15, -0.1) is 0 Å². The van der Waals surface area contributed by atoms with Crippen LogP contribution < -0.4 is 4.74 Å². The monoisotopic (exact) mass is 257 g/mol. The first-order chi connectivity index (χ1) is 9.23. The Morgan fingerprint density at radius 3 is 3.05 bits per heavy atom. The van der Waals surface area contributed by atoms with Gasteiger partial charge in [0.05, 0.1) is 7.11 Å². The van der Waals surface area contributed by atoms with Gasteiger partial charge < -0.3 is 9.64 Å². The number of benzene rings is 1. The Labute approximate surface area is 115 Å². The molecular formula is C17H23NO. The first-order valence-corrected chi connectivity index (χ1v) is 7.58. The normalized spacial score (nSPS) is 36.7. The molecule has 3 aliphatic rings. The number of aryl methyl sites for hydroxylation is 1. The van der Waals surface area contributed by atoms with Gasteiger partial charge in [-0.3, -0.25) is 0 Å². The predicted molar refractivity (Wildman–Crippen MR) is 76.7 cm³/mol. The Bertz CT molecular complexity index is 512. The SMILES string of the molecule is COc1ccc2c(c1)CC[C@]13CN(C)C[C@H]1CC[C@H]23. The van der Waals surface area contributed by atoms with E-state index in [2.05, 4.69) is 30.1 Å². The topological polar surface area (TPSA) is 12.5 Å². The molecule has 0 amide bonds. The maximum atomic E-state index is 5.39. The number of hydrogen-bond donors (Lipinski definition) is 0. The molecule has 102 valence electrons. The molecule has 1 aliphatic heterocycles. The highest BCUT2D eigenvalue weighted by atomic mass is 16.5. The van der Waals surface area contributed by atoms with Crippen molar-refractivity contribution >= 4 is 0 Å². The molecule has 0 unspecified atom stereocenters. The summed E-state index contributed by atoms with van der Waals surface area (Å²) in [6.45, 7) is 2.63. The van der Waals surface area contributed by atoms with E-state index >= 15 is 0 Å². The highest BCUT2D eigenvalue weighted by Gasteiger charge is 2.56. The second kappa shape index (κ2) is 3.99. The standard InChI is InChI=1S/C17H23NO/c1-18-10-13-3-6-16-15-5-4-14(19-2)9-12(15)7-8-17(13,16)11-18/h4-5,9,13,16H,3,6-8,10-11H2,1-2H3/t13-,16-,17+/m1/s1. The van der Waals surface area contributed by atoms with Crippen LogP contribution in [0.15, 0.2) is 18.2 Å². The van der Waals surface area contributed by atoms with E-state index in [4.69, 9.17) is 4.74 Å². The zero-order valence-electron chi connectivity index (χ0n) is 12.0. The average Bonchev–Trinajstić information content (AvgIpc) is 2.91. The molecule has 2 nitrogen and oxygen atoms in total. The molecule has 1 aromatic carbocycles. The van der Waals surface area contributed by atoms with Crippen molar-refractivity contribution in [2.75, 3.05) is 27.2 Å². The maximum absolute atomic E-state index is 5.39. The van der Waals surface area contributed by atoms with Crippen LogP contribution in [-0.2, 0) is 6.42 Å². The van der Waals surface area contributed by atoms with E-state index in [1.54, 1.807) is 18.2 Å². The summed E-state index contributed by atoms with van der Waals surface area (Å²) >= 11 is 0. The minimum atomic E-state index is 0.594. The summed E-state index contributed by atoms with van der Waals surface area (Å²) in [7, 11) is 4.07. The van der Waals surface area contributed by atoms with E-state index in [-0.39, 0.29) is 0 Å². The van der Waals surface area contributed by atoms with Gasteiger partial charge in [-0.2, -0.15) is 0 Å². The number of hydrogen-bond acceptors (Lipinski definition) is 2. The third-order valence-electron chi connectivity index (χ3n) is 5.99. The molecule has 0 aromatic heterocycles. The third kappa shape index (κ3) is 1.53. The van der Waals surface area contributed by atoms with E-state index in [1.807, 2.05) is 0 Å². The van der Waals surface area contributed by atoms with Crippen LogP contribution in [0, 0.1) is 11.3 Å². The van der Waals surface area contributed by atoms with E-state index < -0.39 is 0 Å². The molecule has 2 aliphatic carbocycles. The van der Waals surface area contributed by atoms with Crippen molar-refractivity contribution < 1.29 is 4.74 Å². The average molecular weight is 257 g/mol. The van der Waals surface area contributed by atoms with Crippen molar-refractivity contribution in [3.8, 4) is 5.75 Å². The molecule has 1 spiro atoms. The fourth-order valence-electron chi connectivity index (χ4n) is 5.24. The Morgan fingerprint density at radius 2 is 2.21 bits per heavy atom. The zero-order chi connectivity index (χ0) is 13.0. The van der Waals surface area contributed by atoms with Gasteiger partial charge in [0, 0.05) is 13.1 Å². The lowest BCUT2D eigenvalue weighted by Crippen LogP contribution is -2.36. The summed E-state index contributed by atoms with van der Waals surface area (Å²) in [5.41, 5.74) is 3.77. The third-order valence-corrected chi connectivity index (χ3v) is 5.99. The molecule has 0 bridgehead atoms. The van der Waals surface area contributed by atoms with Crippen molar-refractivity contribution in [3.63, 3.8) is 0 Å². The van der Waals surface area contributed by atoms with Crippen LogP contribution in [0.2, 0.25) is 0 Å². The lowest BCUT2D eigenvalue weighted by Gasteiger charge is -2.41. The Kier molecular flexibility index (Phi) is 2.47. The van der Waals surface area contributed by atoms with E-state index in [9.17, 15) is 0 Å². The van der Waals surface area contributed by atoms with Gasteiger partial charge in [0.1, 0.15) is 5.75 Å². The number of ether oxygens (including phenoxy) is 1. The molecule has 0 N–H and O–H groups in total. The Morgan fingerprint density at radius 1 is 1.32 bits per heavy atom. The number of fused-ring (bicyclic) bond motifs is 2. The van der Waals surface area contributed by atoms with Crippen molar-refractivity contribution in [3.05, 3.63) is 29.3 Å². The van der Waals surface area contributed by atoms with Crippen LogP contribution in [0.4, 0.5) is 0 Å². The van der Waals surface area contributed by atoms with Crippen molar-refractivity contribution in [1.82, 2.24) is 4.90 Å². The highest BCUT2D eigenvalue weighted by molar-refractivity contribution is 5.42. The summed E-state index contributed by atoms with van der Waals surface area (Å²) in [4.78, 5) is 2.56. The van der Waals surface area contributed by atoms with Gasteiger partial charge in [-0.1, -0.05) is 6.07 Å². The van der Waals surface area contributed by atoms with Gasteiger partial charge in [0.25, 0.3) is 0 Å². The number of likely N-dealkylation sites (tertiary alicyclic amines) is 1. The molecule has 4 rings (SSSR count). The minimum absolute atomic E-state index is 0.594. The molecule has 19 heavy (non-hydrogen) atoms. The van der Waals surface area contributed by atoms with E-state index in [1.165, 1.54) is 38.8 Å². The summed E-state index contributed by atoms with van der Waals surface area (Å²) < 4.78 is 5.39. The van der Waals surface area contributed by atoms with Gasteiger partial charge >= 0.3 is 0 Å². The number of rotatable bonds is 1. The second-order valence-electron chi connectivity index (χ2n) is 6.82. The largest absolute Gasteiger partial charge is 0.497 e. The van der Waals surface area contributed by atoms with Crippen LogP contribution in [-0.4, -0.2) is 32.1 Å². The lowest BCUT2D eigenvalue weighted by atomic mass is 9.63. The molecule has 2 fully saturated rings. The molecule has 1 saturated heterocycles. The molecule has 0 radical (unpaired) electrons. The van der Waals surface area contributed by atoms with E-state index in [0.717, 1.165) is 17.6 Å². The Hall–Kier alpha value is -1.02. The van der Waals surface area contributed by atoms with Gasteiger partial charge in [-0.25, -0.2) is 0 Å². The molecule has 1 saturated carbocycles. The summed E-state index contributed by atoms with van der Waals surface area (Å²) in [6.07, 6.45) is 5.46. The minimum Gasteiger partial charge on any atom is -0.497 e. The van der Waals surface area contributed by atoms with Crippen LogP contribution in [0.5, 0.6) is 5.75 Å². The van der Waals surface area contributed by atoms with Gasteiger partial charge in [0.2, 0.25) is 0 Å². The molecule has 1 aromatic rings. The quantitative estimate of drug-likeness (QED) is 0.766. The van der Waals surface area contributed by atoms with Crippen molar-refractivity contribution in [2.24, 2.45) is 11.3 Å². The van der Waals surface area contributed by atoms with Crippen LogP contribution in [0.3, 0.4) is 0 Å². The van der Waals surface area contributed by atoms with Gasteiger partial charge in [0.15, 0.2) is 0 Å². The number of methoxy groups -OCH3 is 1. The maximum Gasteiger partial charge on any atom is 0.119 e. The van der Waals surface area contributed by atoms with Crippen LogP contribution in [0.1, 0.15) is 36.3 Å². The summed E-state index contributed by atoms with van der Waals surface area (Å²) in [5, 5.41) is 0. The molecule has 1 heterocycles. The number of nitrogens with zero attached hydrogens (tertiary/aromatic N) is 1.